The molecule has 5 nitrogen and oxygen atoms in total. The molecule has 1 saturated carbocycles. The Labute approximate surface area is 231 Å². The van der Waals surface area contributed by atoms with Crippen molar-refractivity contribution in [3.05, 3.63) is 86.8 Å². The van der Waals surface area contributed by atoms with Crippen molar-refractivity contribution in [2.24, 2.45) is 0 Å². The summed E-state index contributed by atoms with van der Waals surface area (Å²) in [5.74, 6) is 0. The van der Waals surface area contributed by atoms with Gasteiger partial charge in [0.15, 0.2) is 5.60 Å². The third kappa shape index (κ3) is 5.17. The number of nitrogens with zero attached hydrogens (tertiary/aromatic N) is 1. The van der Waals surface area contributed by atoms with E-state index in [-0.39, 0.29) is 11.3 Å². The third-order valence-electron chi connectivity index (χ3n) is 6.50. The maximum absolute atomic E-state index is 13.5. The quantitative estimate of drug-likeness (QED) is 0.235. The molecule has 2 heterocycles. The first-order valence-electron chi connectivity index (χ1n) is 11.5. The van der Waals surface area contributed by atoms with Gasteiger partial charge in [0.1, 0.15) is 0 Å². The van der Waals surface area contributed by atoms with Gasteiger partial charge < -0.3 is 5.11 Å². The van der Waals surface area contributed by atoms with Crippen LogP contribution in [0.1, 0.15) is 41.8 Å². The van der Waals surface area contributed by atoms with Gasteiger partial charge in [0.2, 0.25) is 10.0 Å². The van der Waals surface area contributed by atoms with Crippen LogP contribution in [0.3, 0.4) is 0 Å². The Hall–Kier alpha value is -2.21. The number of sulfonamides is 1. The number of rotatable bonds is 7. The highest BCUT2D eigenvalue weighted by atomic mass is 35.5. The molecular weight excluding hydrogens is 580 g/mol. The number of thiophene rings is 1. The van der Waals surface area contributed by atoms with Gasteiger partial charge in [-0.3, -0.25) is 4.98 Å². The topological polar surface area (TPSA) is 79.3 Å². The molecule has 200 valence electrons. The monoisotopic (exact) mass is 600 g/mol. The van der Waals surface area contributed by atoms with Crippen LogP contribution in [0.2, 0.25) is 10.0 Å². The summed E-state index contributed by atoms with van der Waals surface area (Å²) in [6.07, 6.45) is -2.53. The first kappa shape index (κ1) is 27.4. The standard InChI is InChI=1S/C26H21Cl2F3N2O3S2/c1-25(34,26(29,30)31)15-8-9-32-21(12-15)19-13-16(27)10-14-11-22(37-24(14)19)23(18-4-2-3-5-20(18)28)33-38(35,36)17-6-7-17/h2-5,8-13,17,23,33-34H,6-7H2,1H3/t23?,25-/m1/s1. The van der Waals surface area contributed by atoms with E-state index in [0.717, 1.165) is 6.07 Å². The average Bonchev–Trinajstić information content (AvgIpc) is 3.63. The molecule has 1 fully saturated rings. The highest BCUT2D eigenvalue weighted by Gasteiger charge is 2.51. The van der Waals surface area contributed by atoms with Crippen LogP contribution in [0.4, 0.5) is 13.2 Å². The lowest BCUT2D eigenvalue weighted by molar-refractivity contribution is -0.258. The van der Waals surface area contributed by atoms with Gasteiger partial charge in [0.05, 0.1) is 17.0 Å². The second kappa shape index (κ2) is 9.76. The second-order valence-corrected chi connectivity index (χ2v) is 13.3. The number of aromatic nitrogens is 1. The van der Waals surface area contributed by atoms with Gasteiger partial charge in [-0.2, -0.15) is 13.2 Å². The first-order chi connectivity index (χ1) is 17.8. The molecule has 1 aliphatic carbocycles. The zero-order valence-electron chi connectivity index (χ0n) is 19.8. The van der Waals surface area contributed by atoms with Crippen molar-refractivity contribution in [2.45, 2.75) is 42.8 Å². The number of hydrogen-bond donors (Lipinski definition) is 2. The van der Waals surface area contributed by atoms with Gasteiger partial charge in [-0.05, 0) is 72.7 Å². The third-order valence-corrected chi connectivity index (χ3v) is 10.2. The number of alkyl halides is 3. The van der Waals surface area contributed by atoms with E-state index < -0.39 is 33.1 Å². The minimum atomic E-state index is -4.90. The number of pyridine rings is 1. The van der Waals surface area contributed by atoms with Gasteiger partial charge in [-0.1, -0.05) is 41.4 Å². The number of halogens is 5. The summed E-state index contributed by atoms with van der Waals surface area (Å²) < 4.78 is 69.8. The predicted molar refractivity (Wildman–Crippen MR) is 144 cm³/mol. The highest BCUT2D eigenvalue weighted by Crippen LogP contribution is 2.44. The molecule has 0 radical (unpaired) electrons. The summed E-state index contributed by atoms with van der Waals surface area (Å²) in [5.41, 5.74) is -2.25. The van der Waals surface area contributed by atoms with Crippen molar-refractivity contribution >= 4 is 54.6 Å². The minimum Gasteiger partial charge on any atom is -0.376 e. The fourth-order valence-electron chi connectivity index (χ4n) is 4.14. The lowest BCUT2D eigenvalue weighted by Gasteiger charge is -2.26. The molecule has 0 amide bonds. The van der Waals surface area contributed by atoms with Crippen molar-refractivity contribution in [1.29, 1.82) is 0 Å². The van der Waals surface area contributed by atoms with E-state index in [2.05, 4.69) is 9.71 Å². The van der Waals surface area contributed by atoms with Crippen LogP contribution in [0.15, 0.2) is 60.8 Å². The van der Waals surface area contributed by atoms with Crippen molar-refractivity contribution < 1.29 is 26.7 Å². The second-order valence-electron chi connectivity index (χ2n) is 9.34. The van der Waals surface area contributed by atoms with E-state index in [1.807, 2.05) is 0 Å². The van der Waals surface area contributed by atoms with Crippen LogP contribution in [0, 0.1) is 0 Å². The summed E-state index contributed by atoms with van der Waals surface area (Å²) in [6.45, 7) is 0.684. The van der Waals surface area contributed by atoms with E-state index in [1.165, 1.54) is 23.6 Å². The average molecular weight is 601 g/mol. The largest absolute Gasteiger partial charge is 0.421 e. The zero-order valence-corrected chi connectivity index (χ0v) is 22.9. The molecule has 2 atom stereocenters. The SMILES string of the molecule is C[C@@](O)(c1ccnc(-c2cc(Cl)cc3cc(C(NS(=O)(=O)C4CC4)c4ccccc4Cl)sc23)c1)C(F)(F)F. The van der Waals surface area contributed by atoms with Crippen LogP contribution in [0.5, 0.6) is 0 Å². The number of fused-ring (bicyclic) bond motifs is 1. The Bertz CT molecular complexity index is 1630. The van der Waals surface area contributed by atoms with Crippen molar-refractivity contribution in [3.63, 3.8) is 0 Å². The fraction of sp³-hybridized carbons (Fsp3) is 0.269. The smallest absolute Gasteiger partial charge is 0.376 e. The molecular formula is C26H21Cl2F3N2O3S2. The zero-order chi connectivity index (χ0) is 27.5. The summed E-state index contributed by atoms with van der Waals surface area (Å²) in [5, 5.41) is 11.1. The molecule has 4 aromatic rings. The number of aliphatic hydroxyl groups is 1. The van der Waals surface area contributed by atoms with E-state index in [9.17, 15) is 26.7 Å². The summed E-state index contributed by atoms with van der Waals surface area (Å²) in [6, 6.07) is 13.5. The molecule has 12 heteroatoms. The van der Waals surface area contributed by atoms with Crippen LogP contribution in [0.25, 0.3) is 21.3 Å². The minimum absolute atomic E-state index is 0.181. The highest BCUT2D eigenvalue weighted by molar-refractivity contribution is 7.90. The van der Waals surface area contributed by atoms with Crippen LogP contribution < -0.4 is 4.72 Å². The van der Waals surface area contributed by atoms with Gasteiger partial charge in [-0.15, -0.1) is 11.3 Å². The van der Waals surface area contributed by atoms with Gasteiger partial charge in [0, 0.05) is 31.4 Å². The van der Waals surface area contributed by atoms with Gasteiger partial charge >= 0.3 is 6.18 Å². The number of hydrogen-bond acceptors (Lipinski definition) is 5. The van der Waals surface area contributed by atoms with Crippen LogP contribution in [-0.2, 0) is 15.6 Å². The Kier molecular flexibility index (Phi) is 7.03. The normalized spacial score (nSPS) is 16.9. The predicted octanol–water partition coefficient (Wildman–Crippen LogP) is 7.21. The Morgan fingerprint density at radius 2 is 1.82 bits per heavy atom. The molecule has 2 aromatic carbocycles. The number of benzene rings is 2. The summed E-state index contributed by atoms with van der Waals surface area (Å²) >= 11 is 14.1. The van der Waals surface area contributed by atoms with Crippen molar-refractivity contribution in [2.75, 3.05) is 0 Å². The fourth-order valence-corrected chi connectivity index (χ4v) is 7.45. The molecule has 0 spiro atoms. The van der Waals surface area contributed by atoms with Crippen LogP contribution >= 0.6 is 34.5 Å². The van der Waals surface area contributed by atoms with Crippen LogP contribution in [-0.4, -0.2) is 29.9 Å². The Morgan fingerprint density at radius 1 is 1.11 bits per heavy atom. The van der Waals surface area contributed by atoms with Crippen molar-refractivity contribution in [1.82, 2.24) is 9.71 Å². The molecule has 0 saturated heterocycles. The molecule has 0 bridgehead atoms. The van der Waals surface area contributed by atoms with Gasteiger partial charge in [0.25, 0.3) is 0 Å². The maximum Gasteiger partial charge on any atom is 0.421 e. The Balaban J connectivity index is 1.65. The van der Waals surface area contributed by atoms with E-state index >= 15 is 0 Å². The lowest BCUT2D eigenvalue weighted by Crippen LogP contribution is -2.39. The summed E-state index contributed by atoms with van der Waals surface area (Å²) in [4.78, 5) is 4.88. The first-order valence-corrected chi connectivity index (χ1v) is 14.6. The molecule has 0 aliphatic heterocycles. The number of nitrogens with one attached hydrogen (secondary N) is 1. The van der Waals surface area contributed by atoms with E-state index in [4.69, 9.17) is 23.2 Å². The van der Waals surface area contributed by atoms with Gasteiger partial charge in [-0.25, -0.2) is 13.1 Å². The molecule has 5 rings (SSSR count). The molecule has 1 unspecified atom stereocenters. The summed E-state index contributed by atoms with van der Waals surface area (Å²) in [7, 11) is -3.62. The van der Waals surface area contributed by atoms with Crippen molar-refractivity contribution in [3.8, 4) is 11.3 Å². The lowest BCUT2D eigenvalue weighted by atomic mass is 9.94. The maximum atomic E-state index is 13.5. The molecule has 1 aliphatic rings. The van der Waals surface area contributed by atoms with E-state index in [1.54, 1.807) is 42.5 Å². The molecule has 2 aromatic heterocycles. The Morgan fingerprint density at radius 3 is 2.47 bits per heavy atom. The molecule has 2 N–H and O–H groups in total. The molecule has 38 heavy (non-hydrogen) atoms. The van der Waals surface area contributed by atoms with E-state index in [0.29, 0.717) is 55.9 Å².